The van der Waals surface area contributed by atoms with Gasteiger partial charge in [-0.25, -0.2) is 4.98 Å². The molecule has 6 heteroatoms. The highest BCUT2D eigenvalue weighted by atomic mass is 35.5. The third-order valence-corrected chi connectivity index (χ3v) is 2.19. The van der Waals surface area contributed by atoms with Gasteiger partial charge in [-0.05, 0) is 20.8 Å². The molecule has 0 radical (unpaired) electrons. The Morgan fingerprint density at radius 3 is 2.75 bits per heavy atom. The van der Waals surface area contributed by atoms with Gasteiger partial charge in [0.25, 0.3) is 5.56 Å². The number of aromatic nitrogens is 2. The summed E-state index contributed by atoms with van der Waals surface area (Å²) in [5, 5.41) is 0.0398. The van der Waals surface area contributed by atoms with Gasteiger partial charge >= 0.3 is 0 Å². The highest BCUT2D eigenvalue weighted by molar-refractivity contribution is 6.31. The van der Waals surface area contributed by atoms with Crippen LogP contribution < -0.4 is 11.3 Å². The van der Waals surface area contributed by atoms with Crippen molar-refractivity contribution in [1.82, 2.24) is 9.55 Å². The SMILES string of the molecule is CC(C)(C)OCCn1cnc(Cl)c(N)c1=O. The Balaban J connectivity index is 2.69. The minimum Gasteiger partial charge on any atom is -0.392 e. The number of anilines is 1. The van der Waals surface area contributed by atoms with E-state index in [1.807, 2.05) is 20.8 Å². The van der Waals surface area contributed by atoms with Crippen LogP contribution in [0, 0.1) is 0 Å². The van der Waals surface area contributed by atoms with Crippen molar-refractivity contribution in [2.75, 3.05) is 12.3 Å². The summed E-state index contributed by atoms with van der Waals surface area (Å²) in [4.78, 5) is 15.4. The Morgan fingerprint density at radius 1 is 1.56 bits per heavy atom. The molecule has 0 atom stereocenters. The quantitative estimate of drug-likeness (QED) is 0.815. The monoisotopic (exact) mass is 245 g/mol. The van der Waals surface area contributed by atoms with Crippen molar-refractivity contribution in [2.45, 2.75) is 32.9 Å². The molecule has 1 heterocycles. The average molecular weight is 246 g/mol. The summed E-state index contributed by atoms with van der Waals surface area (Å²) >= 11 is 5.61. The maximum Gasteiger partial charge on any atom is 0.278 e. The Kier molecular flexibility index (Phi) is 3.93. The van der Waals surface area contributed by atoms with Gasteiger partial charge in [0.2, 0.25) is 0 Å². The van der Waals surface area contributed by atoms with E-state index in [1.54, 1.807) is 0 Å². The molecule has 0 fully saturated rings. The second-order valence-electron chi connectivity index (χ2n) is 4.41. The zero-order valence-electron chi connectivity index (χ0n) is 9.66. The molecular formula is C10H16ClN3O2. The molecule has 0 bridgehead atoms. The largest absolute Gasteiger partial charge is 0.392 e. The standard InChI is InChI=1S/C10H16ClN3O2/c1-10(2,3)16-5-4-14-6-13-8(11)7(12)9(14)15/h6H,4-5,12H2,1-3H3. The molecule has 1 rings (SSSR count). The molecule has 0 aliphatic carbocycles. The molecule has 0 aliphatic heterocycles. The van der Waals surface area contributed by atoms with Crippen molar-refractivity contribution in [3.05, 3.63) is 21.8 Å². The Morgan fingerprint density at radius 2 is 2.19 bits per heavy atom. The molecule has 90 valence electrons. The number of hydrogen-bond donors (Lipinski definition) is 1. The first-order valence-electron chi connectivity index (χ1n) is 4.95. The lowest BCUT2D eigenvalue weighted by atomic mass is 10.2. The summed E-state index contributed by atoms with van der Waals surface area (Å²) in [6.45, 7) is 6.68. The Labute approximate surface area is 99.2 Å². The lowest BCUT2D eigenvalue weighted by Gasteiger charge is -2.19. The van der Waals surface area contributed by atoms with Gasteiger partial charge in [-0.1, -0.05) is 11.6 Å². The minimum atomic E-state index is -0.336. The van der Waals surface area contributed by atoms with Gasteiger partial charge in [0.15, 0.2) is 5.15 Å². The predicted molar refractivity (Wildman–Crippen MR) is 63.6 cm³/mol. The molecule has 1 aromatic rings. The van der Waals surface area contributed by atoms with Crippen LogP contribution in [-0.2, 0) is 11.3 Å². The van der Waals surface area contributed by atoms with E-state index in [4.69, 9.17) is 22.1 Å². The molecule has 0 unspecified atom stereocenters. The van der Waals surface area contributed by atoms with Gasteiger partial charge in [-0.15, -0.1) is 0 Å². The van der Waals surface area contributed by atoms with E-state index in [0.29, 0.717) is 13.2 Å². The number of ether oxygens (including phenoxy) is 1. The second-order valence-corrected chi connectivity index (χ2v) is 4.77. The van der Waals surface area contributed by atoms with Crippen molar-refractivity contribution < 1.29 is 4.74 Å². The summed E-state index contributed by atoms with van der Waals surface area (Å²) in [7, 11) is 0. The van der Waals surface area contributed by atoms with E-state index in [0.717, 1.165) is 0 Å². The number of hydrogen-bond acceptors (Lipinski definition) is 4. The molecular weight excluding hydrogens is 230 g/mol. The molecule has 16 heavy (non-hydrogen) atoms. The fourth-order valence-corrected chi connectivity index (χ4v) is 1.22. The van der Waals surface area contributed by atoms with E-state index < -0.39 is 0 Å². The highest BCUT2D eigenvalue weighted by Gasteiger charge is 2.10. The zero-order chi connectivity index (χ0) is 12.3. The lowest BCUT2D eigenvalue weighted by molar-refractivity contribution is -0.00719. The second kappa shape index (κ2) is 4.84. The van der Waals surface area contributed by atoms with Crippen LogP contribution in [0.25, 0.3) is 0 Å². The van der Waals surface area contributed by atoms with Crippen molar-refractivity contribution in [1.29, 1.82) is 0 Å². The maximum absolute atomic E-state index is 11.6. The molecule has 5 nitrogen and oxygen atoms in total. The molecule has 0 saturated heterocycles. The summed E-state index contributed by atoms with van der Waals surface area (Å²) < 4.78 is 6.88. The van der Waals surface area contributed by atoms with E-state index in [-0.39, 0.29) is 22.0 Å². The third-order valence-electron chi connectivity index (χ3n) is 1.89. The predicted octanol–water partition coefficient (Wildman–Crippen LogP) is 1.29. The number of nitrogens with zero attached hydrogens (tertiary/aromatic N) is 2. The van der Waals surface area contributed by atoms with Gasteiger partial charge in [-0.3, -0.25) is 9.36 Å². The van der Waals surface area contributed by atoms with Crippen LogP contribution in [-0.4, -0.2) is 21.8 Å². The first-order valence-corrected chi connectivity index (χ1v) is 5.33. The number of nitrogen functional groups attached to an aromatic ring is 1. The van der Waals surface area contributed by atoms with Gasteiger partial charge < -0.3 is 10.5 Å². The van der Waals surface area contributed by atoms with Crippen molar-refractivity contribution in [2.24, 2.45) is 0 Å². The van der Waals surface area contributed by atoms with E-state index in [1.165, 1.54) is 10.9 Å². The van der Waals surface area contributed by atoms with Crippen LogP contribution >= 0.6 is 11.6 Å². The summed E-state index contributed by atoms with van der Waals surface area (Å²) in [6, 6.07) is 0. The Hall–Kier alpha value is -1.07. The fraction of sp³-hybridized carbons (Fsp3) is 0.600. The van der Waals surface area contributed by atoms with Crippen LogP contribution in [0.4, 0.5) is 5.69 Å². The number of nitrogens with two attached hydrogens (primary N) is 1. The Bertz CT molecular complexity index is 423. The molecule has 0 aromatic carbocycles. The highest BCUT2D eigenvalue weighted by Crippen LogP contribution is 2.09. The van der Waals surface area contributed by atoms with Crippen LogP contribution in [0.2, 0.25) is 5.15 Å². The smallest absolute Gasteiger partial charge is 0.278 e. The van der Waals surface area contributed by atoms with Crippen molar-refractivity contribution >= 4 is 17.3 Å². The molecule has 2 N–H and O–H groups in total. The molecule has 0 aliphatic rings. The van der Waals surface area contributed by atoms with Crippen molar-refractivity contribution in [3.63, 3.8) is 0 Å². The van der Waals surface area contributed by atoms with Gasteiger partial charge in [0.05, 0.1) is 25.1 Å². The molecule has 0 saturated carbocycles. The van der Waals surface area contributed by atoms with Crippen LogP contribution in [0.5, 0.6) is 0 Å². The molecule has 1 aromatic heterocycles. The minimum absolute atomic E-state index is 0.0278. The van der Waals surface area contributed by atoms with Gasteiger partial charge in [0, 0.05) is 0 Å². The number of halogens is 1. The molecule has 0 spiro atoms. The fourth-order valence-electron chi connectivity index (χ4n) is 1.09. The van der Waals surface area contributed by atoms with Gasteiger partial charge in [0.1, 0.15) is 5.69 Å². The van der Waals surface area contributed by atoms with Crippen LogP contribution in [0.15, 0.2) is 11.1 Å². The third kappa shape index (κ3) is 3.50. The van der Waals surface area contributed by atoms with E-state index in [9.17, 15) is 4.79 Å². The van der Waals surface area contributed by atoms with Gasteiger partial charge in [-0.2, -0.15) is 0 Å². The maximum atomic E-state index is 11.6. The topological polar surface area (TPSA) is 70.1 Å². The summed E-state index contributed by atoms with van der Waals surface area (Å²) in [5.41, 5.74) is 4.88. The van der Waals surface area contributed by atoms with Crippen LogP contribution in [0.1, 0.15) is 20.8 Å². The van der Waals surface area contributed by atoms with Crippen molar-refractivity contribution in [3.8, 4) is 0 Å². The lowest BCUT2D eigenvalue weighted by Crippen LogP contribution is -2.28. The number of rotatable bonds is 3. The van der Waals surface area contributed by atoms with Crippen LogP contribution in [0.3, 0.4) is 0 Å². The first kappa shape index (κ1) is 13.0. The normalized spacial score (nSPS) is 11.8. The zero-order valence-corrected chi connectivity index (χ0v) is 10.4. The summed E-state index contributed by atoms with van der Waals surface area (Å²) in [5.74, 6) is 0. The van der Waals surface area contributed by atoms with E-state index in [2.05, 4.69) is 4.98 Å². The summed E-state index contributed by atoms with van der Waals surface area (Å²) in [6.07, 6.45) is 1.37. The molecule has 0 amide bonds. The first-order chi connectivity index (χ1) is 7.31. The average Bonchev–Trinajstić information content (AvgIpc) is 2.16. The van der Waals surface area contributed by atoms with E-state index >= 15 is 0 Å².